The molecule has 0 bridgehead atoms. The maximum absolute atomic E-state index is 11.0. The van der Waals surface area contributed by atoms with Crippen molar-refractivity contribution in [3.63, 3.8) is 0 Å². The average molecular weight is 295 g/mol. The number of ether oxygens (including phenoxy) is 1. The summed E-state index contributed by atoms with van der Waals surface area (Å²) in [5.41, 5.74) is 0.271. The van der Waals surface area contributed by atoms with Crippen LogP contribution in [-0.2, 0) is 4.74 Å². The molecule has 0 saturated carbocycles. The van der Waals surface area contributed by atoms with Crippen molar-refractivity contribution < 1.29 is 25.0 Å². The van der Waals surface area contributed by atoms with Crippen LogP contribution in [0.4, 0.5) is 5.69 Å². The van der Waals surface area contributed by atoms with Crippen LogP contribution in [0.15, 0.2) is 24.4 Å². The van der Waals surface area contributed by atoms with Gasteiger partial charge in [0, 0.05) is 12.3 Å². The zero-order valence-electron chi connectivity index (χ0n) is 10.7. The van der Waals surface area contributed by atoms with Gasteiger partial charge in [0.05, 0.1) is 22.4 Å². The Kier molecular flexibility index (Phi) is 3.33. The van der Waals surface area contributed by atoms with Gasteiger partial charge in [-0.05, 0) is 6.07 Å². The minimum Gasteiger partial charge on any atom is -0.394 e. The fraction of sp³-hybridized carbons (Fsp3) is 0.417. The van der Waals surface area contributed by atoms with E-state index in [0.717, 1.165) is 0 Å². The normalized spacial score (nSPS) is 29.1. The summed E-state index contributed by atoms with van der Waals surface area (Å²) in [6, 6.07) is 4.46. The first-order valence-electron chi connectivity index (χ1n) is 6.27. The van der Waals surface area contributed by atoms with Gasteiger partial charge in [-0.1, -0.05) is 6.07 Å². The van der Waals surface area contributed by atoms with Crippen LogP contribution in [0.2, 0.25) is 0 Å². The molecule has 9 nitrogen and oxygen atoms in total. The number of nitro benzene ring substituents is 1. The Balaban J connectivity index is 2.02. The number of aromatic nitrogens is 2. The van der Waals surface area contributed by atoms with Gasteiger partial charge in [0.15, 0.2) is 6.23 Å². The number of non-ortho nitro benzene ring substituents is 1. The van der Waals surface area contributed by atoms with Crippen molar-refractivity contribution in [3.8, 4) is 0 Å². The lowest BCUT2D eigenvalue weighted by molar-refractivity contribution is -0.383. The molecule has 112 valence electrons. The molecule has 0 spiro atoms. The second kappa shape index (κ2) is 5.04. The van der Waals surface area contributed by atoms with E-state index in [0.29, 0.717) is 10.9 Å². The van der Waals surface area contributed by atoms with Crippen molar-refractivity contribution in [3.05, 3.63) is 34.5 Å². The Labute approximate surface area is 118 Å². The standard InChI is InChI=1S/C12H13N3O6/c16-5-9-10(17)11(18)12(21-9)14-4-6-7(13-14)2-1-3-8(6)15(19)20/h1-4,9-12,16-18H,5H2/t9-,10+,11+,12+/m0/s1. The number of rotatable bonds is 3. The summed E-state index contributed by atoms with van der Waals surface area (Å²) >= 11 is 0. The Morgan fingerprint density at radius 3 is 2.76 bits per heavy atom. The Bertz CT molecular complexity index is 687. The molecular weight excluding hydrogens is 282 g/mol. The van der Waals surface area contributed by atoms with E-state index < -0.39 is 36.1 Å². The van der Waals surface area contributed by atoms with Crippen molar-refractivity contribution >= 4 is 16.6 Å². The van der Waals surface area contributed by atoms with Crippen LogP contribution in [-0.4, -0.2) is 54.9 Å². The Morgan fingerprint density at radius 2 is 2.14 bits per heavy atom. The molecule has 1 aromatic heterocycles. The second-order valence-corrected chi connectivity index (χ2v) is 4.81. The van der Waals surface area contributed by atoms with Gasteiger partial charge in [-0.2, -0.15) is 5.10 Å². The molecule has 1 aliphatic rings. The van der Waals surface area contributed by atoms with Gasteiger partial charge in [-0.25, -0.2) is 4.68 Å². The number of aliphatic hydroxyl groups excluding tert-OH is 3. The van der Waals surface area contributed by atoms with E-state index in [1.54, 1.807) is 6.07 Å². The third-order valence-electron chi connectivity index (χ3n) is 3.52. The summed E-state index contributed by atoms with van der Waals surface area (Å²) < 4.78 is 6.56. The van der Waals surface area contributed by atoms with E-state index in [9.17, 15) is 20.3 Å². The Hall–Kier alpha value is -2.07. The third kappa shape index (κ3) is 2.16. The van der Waals surface area contributed by atoms with Crippen LogP contribution in [0.3, 0.4) is 0 Å². The summed E-state index contributed by atoms with van der Waals surface area (Å²) in [5, 5.41) is 44.1. The van der Waals surface area contributed by atoms with E-state index in [4.69, 9.17) is 9.84 Å². The van der Waals surface area contributed by atoms with E-state index in [-0.39, 0.29) is 5.69 Å². The van der Waals surface area contributed by atoms with E-state index in [2.05, 4.69) is 5.10 Å². The number of benzene rings is 1. The maximum Gasteiger partial charge on any atom is 0.280 e. The topological polar surface area (TPSA) is 131 Å². The SMILES string of the molecule is O=[N+]([O-])c1cccc2nn([C@@H]3O[C@@H](CO)[C@@H](O)[C@H]3O)cc12. The summed E-state index contributed by atoms with van der Waals surface area (Å²) in [6.07, 6.45) is -3.08. The lowest BCUT2D eigenvalue weighted by atomic mass is 10.1. The van der Waals surface area contributed by atoms with E-state index in [1.807, 2.05) is 0 Å². The zero-order chi connectivity index (χ0) is 15.1. The largest absolute Gasteiger partial charge is 0.394 e. The van der Waals surface area contributed by atoms with E-state index in [1.165, 1.54) is 23.0 Å². The molecule has 9 heteroatoms. The smallest absolute Gasteiger partial charge is 0.280 e. The highest BCUT2D eigenvalue weighted by atomic mass is 16.6. The predicted molar refractivity (Wildman–Crippen MR) is 69.4 cm³/mol. The van der Waals surface area contributed by atoms with Gasteiger partial charge >= 0.3 is 0 Å². The van der Waals surface area contributed by atoms with Gasteiger partial charge in [0.25, 0.3) is 5.69 Å². The van der Waals surface area contributed by atoms with Crippen molar-refractivity contribution in [2.45, 2.75) is 24.5 Å². The summed E-state index contributed by atoms with van der Waals surface area (Å²) in [5.74, 6) is 0. The zero-order valence-corrected chi connectivity index (χ0v) is 10.7. The van der Waals surface area contributed by atoms with Crippen molar-refractivity contribution in [2.24, 2.45) is 0 Å². The number of aliphatic hydroxyl groups is 3. The molecule has 1 fully saturated rings. The van der Waals surface area contributed by atoms with Gasteiger partial charge in [0.1, 0.15) is 18.3 Å². The predicted octanol–water partition coefficient (Wildman–Crippen LogP) is -0.444. The number of hydrogen-bond acceptors (Lipinski definition) is 7. The minimum absolute atomic E-state index is 0.106. The van der Waals surface area contributed by atoms with Crippen molar-refractivity contribution in [2.75, 3.05) is 6.61 Å². The molecule has 2 heterocycles. The minimum atomic E-state index is -1.28. The van der Waals surface area contributed by atoms with E-state index >= 15 is 0 Å². The first-order valence-corrected chi connectivity index (χ1v) is 6.27. The number of hydrogen-bond donors (Lipinski definition) is 3. The number of nitrogens with zero attached hydrogens (tertiary/aromatic N) is 3. The molecule has 2 aromatic rings. The number of fused-ring (bicyclic) bond motifs is 1. The van der Waals surface area contributed by atoms with Gasteiger partial charge in [-0.15, -0.1) is 0 Å². The molecular formula is C12H13N3O6. The Morgan fingerprint density at radius 1 is 1.38 bits per heavy atom. The fourth-order valence-electron chi connectivity index (χ4n) is 2.43. The van der Waals surface area contributed by atoms with Crippen LogP contribution >= 0.6 is 0 Å². The molecule has 0 amide bonds. The molecule has 21 heavy (non-hydrogen) atoms. The highest BCUT2D eigenvalue weighted by molar-refractivity contribution is 5.87. The average Bonchev–Trinajstić information content (AvgIpc) is 3.01. The molecule has 1 saturated heterocycles. The number of nitro groups is 1. The van der Waals surface area contributed by atoms with Crippen LogP contribution in [0.25, 0.3) is 10.9 Å². The maximum atomic E-state index is 11.0. The quantitative estimate of drug-likeness (QED) is 0.516. The molecule has 3 rings (SSSR count). The summed E-state index contributed by atoms with van der Waals surface area (Å²) in [4.78, 5) is 10.5. The molecule has 0 unspecified atom stereocenters. The van der Waals surface area contributed by atoms with Gasteiger partial charge < -0.3 is 20.1 Å². The first kappa shape index (κ1) is 13.9. The monoisotopic (exact) mass is 295 g/mol. The molecule has 0 radical (unpaired) electrons. The fourth-order valence-corrected chi connectivity index (χ4v) is 2.43. The van der Waals surface area contributed by atoms with Crippen LogP contribution in [0.5, 0.6) is 0 Å². The van der Waals surface area contributed by atoms with Crippen LogP contribution in [0.1, 0.15) is 6.23 Å². The molecule has 0 aliphatic carbocycles. The lowest BCUT2D eigenvalue weighted by Gasteiger charge is -2.14. The van der Waals surface area contributed by atoms with Crippen LogP contribution < -0.4 is 0 Å². The first-order chi connectivity index (χ1) is 10.0. The molecule has 3 N–H and O–H groups in total. The second-order valence-electron chi connectivity index (χ2n) is 4.81. The molecule has 1 aliphatic heterocycles. The van der Waals surface area contributed by atoms with Crippen molar-refractivity contribution in [1.82, 2.24) is 9.78 Å². The van der Waals surface area contributed by atoms with Gasteiger partial charge in [-0.3, -0.25) is 10.1 Å². The highest BCUT2D eigenvalue weighted by Gasteiger charge is 2.43. The summed E-state index contributed by atoms with van der Waals surface area (Å²) in [6.45, 7) is -0.449. The lowest BCUT2D eigenvalue weighted by Crippen LogP contribution is -2.33. The van der Waals surface area contributed by atoms with Crippen LogP contribution in [0, 0.1) is 10.1 Å². The molecule has 4 atom stereocenters. The van der Waals surface area contributed by atoms with Crippen molar-refractivity contribution in [1.29, 1.82) is 0 Å². The highest BCUT2D eigenvalue weighted by Crippen LogP contribution is 2.32. The third-order valence-corrected chi connectivity index (χ3v) is 3.52. The van der Waals surface area contributed by atoms with Gasteiger partial charge in [0.2, 0.25) is 0 Å². The molecule has 1 aromatic carbocycles. The summed E-state index contributed by atoms with van der Waals surface area (Å²) in [7, 11) is 0.